The summed E-state index contributed by atoms with van der Waals surface area (Å²) in [4.78, 5) is 25.9. The molecule has 0 aliphatic carbocycles. The van der Waals surface area contributed by atoms with E-state index in [-0.39, 0.29) is 17.2 Å². The standard InChI is InChI=1S/C18H18N2O3S/c1-2-9-19-17(22)13-5-7-14(8-6-13)18-20(16(21)12-24-18)11-15-4-3-10-23-15/h2-8,10,18H,1,9,11-12H2,(H,19,22)/t18-/m0/s1. The van der Waals surface area contributed by atoms with Crippen LogP contribution in [-0.4, -0.2) is 29.0 Å². The molecule has 6 heteroatoms. The van der Waals surface area contributed by atoms with Gasteiger partial charge >= 0.3 is 0 Å². The second-order valence-electron chi connectivity index (χ2n) is 5.39. The average Bonchev–Trinajstić information content (AvgIpc) is 3.24. The van der Waals surface area contributed by atoms with Crippen molar-refractivity contribution in [1.82, 2.24) is 10.2 Å². The molecule has 2 aromatic rings. The van der Waals surface area contributed by atoms with Crippen molar-refractivity contribution in [2.75, 3.05) is 12.3 Å². The Bertz CT molecular complexity index is 725. The lowest BCUT2D eigenvalue weighted by Gasteiger charge is -2.23. The normalized spacial score (nSPS) is 17.1. The fourth-order valence-corrected chi connectivity index (χ4v) is 3.73. The minimum Gasteiger partial charge on any atom is -0.467 e. The van der Waals surface area contributed by atoms with Crippen LogP contribution in [-0.2, 0) is 11.3 Å². The molecular formula is C18H18N2O3S. The molecule has 1 aromatic carbocycles. The van der Waals surface area contributed by atoms with Crippen LogP contribution in [0.3, 0.4) is 0 Å². The fourth-order valence-electron chi connectivity index (χ4n) is 2.54. The van der Waals surface area contributed by atoms with Crippen molar-refractivity contribution in [2.45, 2.75) is 11.9 Å². The van der Waals surface area contributed by atoms with Crippen LogP contribution in [0, 0.1) is 0 Å². The molecule has 0 bridgehead atoms. The van der Waals surface area contributed by atoms with Gasteiger partial charge in [0.2, 0.25) is 5.91 Å². The van der Waals surface area contributed by atoms with Gasteiger partial charge in [0.1, 0.15) is 11.1 Å². The molecule has 2 amide bonds. The largest absolute Gasteiger partial charge is 0.467 e. The lowest BCUT2D eigenvalue weighted by atomic mass is 10.1. The number of thioether (sulfide) groups is 1. The molecule has 1 saturated heterocycles. The number of nitrogens with one attached hydrogen (secondary N) is 1. The van der Waals surface area contributed by atoms with Gasteiger partial charge in [0.05, 0.1) is 18.6 Å². The summed E-state index contributed by atoms with van der Waals surface area (Å²) in [5, 5.41) is 2.68. The smallest absolute Gasteiger partial charge is 0.251 e. The monoisotopic (exact) mass is 342 g/mol. The van der Waals surface area contributed by atoms with Crippen molar-refractivity contribution >= 4 is 23.6 Å². The first-order chi connectivity index (χ1) is 11.7. The van der Waals surface area contributed by atoms with Crippen molar-refractivity contribution in [3.05, 3.63) is 72.2 Å². The summed E-state index contributed by atoms with van der Waals surface area (Å²) in [6.07, 6.45) is 3.24. The van der Waals surface area contributed by atoms with E-state index in [4.69, 9.17) is 4.42 Å². The van der Waals surface area contributed by atoms with Gasteiger partial charge in [0, 0.05) is 12.1 Å². The van der Waals surface area contributed by atoms with E-state index in [9.17, 15) is 9.59 Å². The van der Waals surface area contributed by atoms with E-state index in [2.05, 4.69) is 11.9 Å². The maximum Gasteiger partial charge on any atom is 0.251 e. The predicted molar refractivity (Wildman–Crippen MR) is 93.4 cm³/mol. The minimum absolute atomic E-state index is 0.0621. The zero-order chi connectivity index (χ0) is 16.9. The van der Waals surface area contributed by atoms with Crippen LogP contribution < -0.4 is 5.32 Å². The molecule has 1 fully saturated rings. The Hall–Kier alpha value is -2.47. The molecule has 3 rings (SSSR count). The second-order valence-corrected chi connectivity index (χ2v) is 6.45. The number of hydrogen-bond donors (Lipinski definition) is 1. The van der Waals surface area contributed by atoms with Gasteiger partial charge in [0.25, 0.3) is 5.91 Å². The maximum atomic E-state index is 12.2. The van der Waals surface area contributed by atoms with Crippen LogP contribution >= 0.6 is 11.8 Å². The number of furan rings is 1. The molecule has 2 heterocycles. The SMILES string of the molecule is C=CCNC(=O)c1ccc([C@@H]2SCC(=O)N2Cc2ccco2)cc1. The van der Waals surface area contributed by atoms with Crippen LogP contribution in [0.5, 0.6) is 0 Å². The van der Waals surface area contributed by atoms with E-state index in [0.29, 0.717) is 24.4 Å². The third-order valence-corrected chi connectivity index (χ3v) is 5.00. The first-order valence-electron chi connectivity index (χ1n) is 7.61. The highest BCUT2D eigenvalue weighted by atomic mass is 32.2. The Labute approximate surface area is 144 Å². The van der Waals surface area contributed by atoms with E-state index in [1.54, 1.807) is 41.1 Å². The molecule has 1 aliphatic heterocycles. The van der Waals surface area contributed by atoms with Crippen molar-refractivity contribution in [3.8, 4) is 0 Å². The minimum atomic E-state index is -0.135. The zero-order valence-corrected chi connectivity index (χ0v) is 13.9. The highest BCUT2D eigenvalue weighted by Crippen LogP contribution is 2.39. The van der Waals surface area contributed by atoms with Gasteiger partial charge in [-0.3, -0.25) is 9.59 Å². The Morgan fingerprint density at radius 3 is 2.83 bits per heavy atom. The number of nitrogens with zero attached hydrogens (tertiary/aromatic N) is 1. The summed E-state index contributed by atoms with van der Waals surface area (Å²) in [6, 6.07) is 11.0. The quantitative estimate of drug-likeness (QED) is 0.820. The summed E-state index contributed by atoms with van der Waals surface area (Å²) < 4.78 is 5.35. The fraction of sp³-hybridized carbons (Fsp3) is 0.222. The number of benzene rings is 1. The van der Waals surface area contributed by atoms with Crippen LogP contribution in [0.2, 0.25) is 0 Å². The number of hydrogen-bond acceptors (Lipinski definition) is 4. The third-order valence-electron chi connectivity index (χ3n) is 3.74. The first-order valence-corrected chi connectivity index (χ1v) is 8.66. The molecule has 1 aliphatic rings. The zero-order valence-electron chi connectivity index (χ0n) is 13.1. The van der Waals surface area contributed by atoms with E-state index < -0.39 is 0 Å². The summed E-state index contributed by atoms with van der Waals surface area (Å²) >= 11 is 1.58. The van der Waals surface area contributed by atoms with Gasteiger partial charge in [-0.15, -0.1) is 18.3 Å². The van der Waals surface area contributed by atoms with E-state index in [1.807, 2.05) is 24.3 Å². The topological polar surface area (TPSA) is 62.6 Å². The number of amides is 2. The van der Waals surface area contributed by atoms with E-state index in [0.717, 1.165) is 11.3 Å². The van der Waals surface area contributed by atoms with Crippen molar-refractivity contribution < 1.29 is 14.0 Å². The lowest BCUT2D eigenvalue weighted by molar-refractivity contribution is -0.128. The first kappa shape index (κ1) is 16.4. The number of carbonyl (C=O) groups is 2. The van der Waals surface area contributed by atoms with Gasteiger partial charge in [-0.2, -0.15) is 0 Å². The van der Waals surface area contributed by atoms with Crippen LogP contribution in [0.1, 0.15) is 27.1 Å². The van der Waals surface area contributed by atoms with Gasteiger partial charge in [-0.1, -0.05) is 18.2 Å². The third kappa shape index (κ3) is 3.54. The van der Waals surface area contributed by atoms with Crippen LogP contribution in [0.4, 0.5) is 0 Å². The number of carbonyl (C=O) groups excluding carboxylic acids is 2. The summed E-state index contributed by atoms with van der Waals surface area (Å²) in [5.41, 5.74) is 1.59. The van der Waals surface area contributed by atoms with E-state index in [1.165, 1.54) is 0 Å². The summed E-state index contributed by atoms with van der Waals surface area (Å²) in [5.74, 6) is 1.17. The van der Waals surface area contributed by atoms with E-state index >= 15 is 0 Å². The molecule has 5 nitrogen and oxygen atoms in total. The van der Waals surface area contributed by atoms with Gasteiger partial charge in [0.15, 0.2) is 0 Å². The molecule has 0 unspecified atom stereocenters. The molecular weight excluding hydrogens is 324 g/mol. The molecule has 1 atom stereocenters. The van der Waals surface area contributed by atoms with Crippen molar-refractivity contribution in [3.63, 3.8) is 0 Å². The van der Waals surface area contributed by atoms with Crippen LogP contribution in [0.25, 0.3) is 0 Å². The highest BCUT2D eigenvalue weighted by molar-refractivity contribution is 8.00. The molecule has 1 aromatic heterocycles. The average molecular weight is 342 g/mol. The highest BCUT2D eigenvalue weighted by Gasteiger charge is 2.33. The Morgan fingerprint density at radius 1 is 1.38 bits per heavy atom. The Balaban J connectivity index is 1.73. The van der Waals surface area contributed by atoms with Crippen molar-refractivity contribution in [2.24, 2.45) is 0 Å². The van der Waals surface area contributed by atoms with Gasteiger partial charge in [-0.25, -0.2) is 0 Å². The molecule has 0 spiro atoms. The molecule has 0 radical (unpaired) electrons. The maximum absolute atomic E-state index is 12.2. The molecule has 24 heavy (non-hydrogen) atoms. The van der Waals surface area contributed by atoms with Crippen LogP contribution in [0.15, 0.2) is 59.7 Å². The predicted octanol–water partition coefficient (Wildman–Crippen LogP) is 2.97. The lowest BCUT2D eigenvalue weighted by Crippen LogP contribution is -2.27. The van der Waals surface area contributed by atoms with Gasteiger partial charge in [-0.05, 0) is 29.8 Å². The number of rotatable bonds is 6. The molecule has 0 saturated carbocycles. The molecule has 124 valence electrons. The van der Waals surface area contributed by atoms with Crippen molar-refractivity contribution in [1.29, 1.82) is 0 Å². The van der Waals surface area contributed by atoms with Gasteiger partial charge < -0.3 is 14.6 Å². The molecule has 1 N–H and O–H groups in total. The summed E-state index contributed by atoms with van der Waals surface area (Å²) in [7, 11) is 0. The Kier molecular flexibility index (Phi) is 5.05. The Morgan fingerprint density at radius 2 is 2.17 bits per heavy atom. The second kappa shape index (κ2) is 7.40. The summed E-state index contributed by atoms with van der Waals surface area (Å²) in [6.45, 7) is 4.46.